The fourth-order valence-corrected chi connectivity index (χ4v) is 1.86. The summed E-state index contributed by atoms with van der Waals surface area (Å²) in [6, 6.07) is 10.2. The van der Waals surface area contributed by atoms with Gasteiger partial charge in [-0.25, -0.2) is 0 Å². The number of nitrogens with one attached hydrogen (secondary N) is 1. The number of benzene rings is 1. The van der Waals surface area contributed by atoms with E-state index >= 15 is 0 Å². The fraction of sp³-hybridized carbons (Fsp3) is 0.455. The Morgan fingerprint density at radius 1 is 1.31 bits per heavy atom. The first kappa shape index (κ1) is 8.73. The summed E-state index contributed by atoms with van der Waals surface area (Å²) in [5.41, 5.74) is 0.704. The molecule has 2 heteroatoms. The molecule has 0 aliphatic carbocycles. The van der Waals surface area contributed by atoms with Gasteiger partial charge in [0, 0.05) is 13.0 Å². The number of rotatable bonds is 2. The van der Waals surface area contributed by atoms with E-state index in [1.165, 1.54) is 5.56 Å². The molecule has 2 rings (SSSR count). The molecule has 1 saturated heterocycles. The van der Waals surface area contributed by atoms with Crippen LogP contribution in [0.5, 0.6) is 0 Å². The molecule has 0 spiro atoms. The van der Waals surface area contributed by atoms with Gasteiger partial charge in [0.15, 0.2) is 0 Å². The van der Waals surface area contributed by atoms with Gasteiger partial charge in [-0.1, -0.05) is 30.3 Å². The summed E-state index contributed by atoms with van der Waals surface area (Å²) in [5.74, 6) is 0. The first-order chi connectivity index (χ1) is 6.29. The third-order valence-electron chi connectivity index (χ3n) is 2.60. The molecule has 0 bridgehead atoms. The van der Waals surface area contributed by atoms with Crippen molar-refractivity contribution >= 4 is 0 Å². The largest absolute Gasteiger partial charge is 0.388 e. The van der Waals surface area contributed by atoms with Crippen molar-refractivity contribution in [2.75, 3.05) is 13.1 Å². The van der Waals surface area contributed by atoms with Gasteiger partial charge in [-0.15, -0.1) is 0 Å². The third kappa shape index (κ3) is 2.08. The molecule has 0 saturated carbocycles. The van der Waals surface area contributed by atoms with E-state index in [2.05, 4.69) is 17.4 Å². The van der Waals surface area contributed by atoms with Crippen LogP contribution in [0.3, 0.4) is 0 Å². The molecular weight excluding hydrogens is 162 g/mol. The van der Waals surface area contributed by atoms with E-state index in [1.54, 1.807) is 0 Å². The molecule has 1 fully saturated rings. The summed E-state index contributed by atoms with van der Waals surface area (Å²) in [5, 5.41) is 13.3. The van der Waals surface area contributed by atoms with Crippen LogP contribution in [0, 0.1) is 0 Å². The normalized spacial score (nSPS) is 27.8. The molecule has 2 nitrogen and oxygen atoms in total. The van der Waals surface area contributed by atoms with Crippen molar-refractivity contribution in [2.24, 2.45) is 0 Å². The van der Waals surface area contributed by atoms with Crippen LogP contribution in [0.25, 0.3) is 0 Å². The van der Waals surface area contributed by atoms with Crippen LogP contribution in [0.4, 0.5) is 0 Å². The van der Waals surface area contributed by atoms with Crippen molar-refractivity contribution in [3.05, 3.63) is 35.9 Å². The number of hydrogen-bond donors (Lipinski definition) is 2. The summed E-state index contributed by atoms with van der Waals surface area (Å²) in [6.07, 6.45) is 1.63. The highest BCUT2D eigenvalue weighted by Gasteiger charge is 2.30. The highest BCUT2D eigenvalue weighted by atomic mass is 16.3. The molecule has 1 aromatic rings. The Bertz CT molecular complexity index is 265. The smallest absolute Gasteiger partial charge is 0.0823 e. The Labute approximate surface area is 78.6 Å². The second kappa shape index (κ2) is 3.48. The molecule has 1 aliphatic rings. The van der Waals surface area contributed by atoms with Crippen LogP contribution in [-0.2, 0) is 6.42 Å². The van der Waals surface area contributed by atoms with Gasteiger partial charge in [0.05, 0.1) is 5.60 Å². The van der Waals surface area contributed by atoms with Crippen LogP contribution >= 0.6 is 0 Å². The molecule has 1 aromatic carbocycles. The minimum absolute atomic E-state index is 0.513. The monoisotopic (exact) mass is 177 g/mol. The van der Waals surface area contributed by atoms with E-state index in [0.717, 1.165) is 25.9 Å². The molecule has 2 N–H and O–H groups in total. The predicted molar refractivity (Wildman–Crippen MR) is 52.6 cm³/mol. The van der Waals surface area contributed by atoms with Gasteiger partial charge in [-0.3, -0.25) is 0 Å². The van der Waals surface area contributed by atoms with Gasteiger partial charge >= 0.3 is 0 Å². The Balaban J connectivity index is 2.05. The van der Waals surface area contributed by atoms with E-state index in [1.807, 2.05) is 18.2 Å². The molecule has 1 aliphatic heterocycles. The molecule has 0 amide bonds. The van der Waals surface area contributed by atoms with Crippen LogP contribution in [-0.4, -0.2) is 23.8 Å². The highest BCUT2D eigenvalue weighted by Crippen LogP contribution is 2.19. The summed E-state index contributed by atoms with van der Waals surface area (Å²) in [7, 11) is 0. The van der Waals surface area contributed by atoms with Crippen molar-refractivity contribution in [1.29, 1.82) is 0 Å². The zero-order valence-corrected chi connectivity index (χ0v) is 7.66. The topological polar surface area (TPSA) is 32.3 Å². The lowest BCUT2D eigenvalue weighted by molar-refractivity contribution is 0.0619. The average molecular weight is 177 g/mol. The third-order valence-corrected chi connectivity index (χ3v) is 2.60. The summed E-state index contributed by atoms with van der Waals surface area (Å²) < 4.78 is 0. The molecule has 0 aromatic heterocycles. The second-order valence-corrected chi connectivity index (χ2v) is 3.81. The van der Waals surface area contributed by atoms with Gasteiger partial charge < -0.3 is 10.4 Å². The van der Waals surface area contributed by atoms with Crippen LogP contribution < -0.4 is 5.32 Å². The minimum Gasteiger partial charge on any atom is -0.388 e. The summed E-state index contributed by atoms with van der Waals surface area (Å²) >= 11 is 0. The quantitative estimate of drug-likeness (QED) is 0.705. The maximum Gasteiger partial charge on any atom is 0.0823 e. The average Bonchev–Trinajstić information content (AvgIpc) is 2.54. The Morgan fingerprint density at radius 2 is 2.08 bits per heavy atom. The van der Waals surface area contributed by atoms with Gasteiger partial charge in [0.1, 0.15) is 0 Å². The minimum atomic E-state index is -0.513. The van der Waals surface area contributed by atoms with E-state index in [4.69, 9.17) is 0 Å². The lowest BCUT2D eigenvalue weighted by Gasteiger charge is -2.20. The van der Waals surface area contributed by atoms with E-state index in [9.17, 15) is 5.11 Å². The van der Waals surface area contributed by atoms with E-state index in [0.29, 0.717) is 0 Å². The number of β-amino-alcohol motifs (C(OH)–C–C–N with tert-alkyl or cyclic N) is 1. The van der Waals surface area contributed by atoms with Gasteiger partial charge in [-0.05, 0) is 18.5 Å². The van der Waals surface area contributed by atoms with E-state index in [-0.39, 0.29) is 0 Å². The lowest BCUT2D eigenvalue weighted by Crippen LogP contribution is -2.33. The van der Waals surface area contributed by atoms with Crippen molar-refractivity contribution in [1.82, 2.24) is 5.32 Å². The molecule has 13 heavy (non-hydrogen) atoms. The Morgan fingerprint density at radius 3 is 2.69 bits per heavy atom. The molecule has 70 valence electrons. The summed E-state index contributed by atoms with van der Waals surface area (Å²) in [6.45, 7) is 1.66. The first-order valence-corrected chi connectivity index (χ1v) is 4.76. The predicted octanol–water partition coefficient (Wildman–Crippen LogP) is 0.953. The van der Waals surface area contributed by atoms with Crippen molar-refractivity contribution < 1.29 is 5.11 Å². The SMILES string of the molecule is OC1(Cc2ccccc2)CCNC1. The van der Waals surface area contributed by atoms with Crippen LogP contribution in [0.15, 0.2) is 30.3 Å². The lowest BCUT2D eigenvalue weighted by atomic mass is 9.94. The van der Waals surface area contributed by atoms with E-state index < -0.39 is 5.60 Å². The number of hydrogen-bond acceptors (Lipinski definition) is 2. The fourth-order valence-electron chi connectivity index (χ4n) is 1.86. The Hall–Kier alpha value is -0.860. The van der Waals surface area contributed by atoms with Gasteiger partial charge in [0.25, 0.3) is 0 Å². The maximum atomic E-state index is 10.1. The number of aliphatic hydroxyl groups is 1. The van der Waals surface area contributed by atoms with Crippen LogP contribution in [0.2, 0.25) is 0 Å². The molecule has 1 unspecified atom stereocenters. The zero-order chi connectivity index (χ0) is 9.15. The molecule has 1 heterocycles. The van der Waals surface area contributed by atoms with Crippen molar-refractivity contribution in [2.45, 2.75) is 18.4 Å². The standard InChI is InChI=1S/C11H15NO/c13-11(6-7-12-9-11)8-10-4-2-1-3-5-10/h1-5,12-13H,6-9H2. The second-order valence-electron chi connectivity index (χ2n) is 3.81. The zero-order valence-electron chi connectivity index (χ0n) is 7.66. The highest BCUT2D eigenvalue weighted by molar-refractivity contribution is 5.17. The Kier molecular flexibility index (Phi) is 2.34. The van der Waals surface area contributed by atoms with Gasteiger partial charge in [0.2, 0.25) is 0 Å². The molecular formula is C11H15NO. The van der Waals surface area contributed by atoms with Crippen molar-refractivity contribution in [3.8, 4) is 0 Å². The molecule has 1 atom stereocenters. The van der Waals surface area contributed by atoms with Crippen molar-refractivity contribution in [3.63, 3.8) is 0 Å². The maximum absolute atomic E-state index is 10.1. The molecule has 0 radical (unpaired) electrons. The van der Waals surface area contributed by atoms with Crippen LogP contribution in [0.1, 0.15) is 12.0 Å². The summed E-state index contributed by atoms with van der Waals surface area (Å²) in [4.78, 5) is 0. The first-order valence-electron chi connectivity index (χ1n) is 4.76. The van der Waals surface area contributed by atoms with Gasteiger partial charge in [-0.2, -0.15) is 0 Å².